The van der Waals surface area contributed by atoms with Gasteiger partial charge >= 0.3 is 5.97 Å². The number of nitrogens with zero attached hydrogens (tertiary/aromatic N) is 2. The number of amides is 1. The molecule has 102 valence electrons. The van der Waals surface area contributed by atoms with Gasteiger partial charge in [0.05, 0.1) is 6.61 Å². The molecule has 18 heavy (non-hydrogen) atoms. The summed E-state index contributed by atoms with van der Waals surface area (Å²) in [7, 11) is 0. The van der Waals surface area contributed by atoms with Crippen molar-refractivity contribution < 1.29 is 14.3 Å². The van der Waals surface area contributed by atoms with Crippen LogP contribution in [0.3, 0.4) is 0 Å². The Balaban J connectivity index is 1.97. The summed E-state index contributed by atoms with van der Waals surface area (Å²) < 4.78 is 5.12. The second-order valence-corrected chi connectivity index (χ2v) is 4.95. The molecule has 2 fully saturated rings. The molecule has 0 aliphatic carbocycles. The number of hydrogen-bond acceptors (Lipinski definition) is 4. The summed E-state index contributed by atoms with van der Waals surface area (Å²) in [6.45, 7) is 6.60. The normalized spacial score (nSPS) is 26.0. The van der Waals surface area contributed by atoms with Crippen molar-refractivity contribution in [1.82, 2.24) is 9.80 Å². The SMILES string of the molecule is CCOC(=O)C(CC)N1CCN2C(=O)CCC2C1. The Bertz CT molecular complexity index is 332. The van der Waals surface area contributed by atoms with Crippen molar-refractivity contribution in [3.63, 3.8) is 0 Å². The van der Waals surface area contributed by atoms with Gasteiger partial charge in [0.25, 0.3) is 0 Å². The Kier molecular flexibility index (Phi) is 4.22. The van der Waals surface area contributed by atoms with Crippen LogP contribution < -0.4 is 0 Å². The number of carbonyl (C=O) groups excluding carboxylic acids is 2. The number of piperazine rings is 1. The number of hydrogen-bond donors (Lipinski definition) is 0. The number of rotatable bonds is 4. The van der Waals surface area contributed by atoms with Crippen LogP contribution in [0.1, 0.15) is 33.1 Å². The van der Waals surface area contributed by atoms with Crippen LogP contribution in [-0.2, 0) is 14.3 Å². The van der Waals surface area contributed by atoms with E-state index in [2.05, 4.69) is 4.90 Å². The molecule has 0 aromatic carbocycles. The summed E-state index contributed by atoms with van der Waals surface area (Å²) in [4.78, 5) is 27.6. The zero-order valence-electron chi connectivity index (χ0n) is 11.2. The average Bonchev–Trinajstić information content (AvgIpc) is 2.72. The highest BCUT2D eigenvalue weighted by Crippen LogP contribution is 2.24. The van der Waals surface area contributed by atoms with E-state index in [4.69, 9.17) is 4.74 Å². The molecule has 0 spiro atoms. The van der Waals surface area contributed by atoms with Gasteiger partial charge in [-0.2, -0.15) is 0 Å². The summed E-state index contributed by atoms with van der Waals surface area (Å²) >= 11 is 0. The highest BCUT2D eigenvalue weighted by molar-refractivity contribution is 5.79. The molecule has 0 aromatic heterocycles. The molecule has 2 rings (SSSR count). The lowest BCUT2D eigenvalue weighted by Gasteiger charge is -2.40. The van der Waals surface area contributed by atoms with Crippen LogP contribution in [0.25, 0.3) is 0 Å². The Morgan fingerprint density at radius 1 is 1.44 bits per heavy atom. The van der Waals surface area contributed by atoms with E-state index in [1.165, 1.54) is 0 Å². The van der Waals surface area contributed by atoms with Crippen LogP contribution in [0, 0.1) is 0 Å². The minimum atomic E-state index is -0.150. The highest BCUT2D eigenvalue weighted by atomic mass is 16.5. The minimum absolute atomic E-state index is 0.127. The van der Waals surface area contributed by atoms with Gasteiger partial charge in [0.2, 0.25) is 5.91 Å². The maximum absolute atomic E-state index is 11.9. The number of ether oxygens (including phenoxy) is 1. The van der Waals surface area contributed by atoms with Crippen LogP contribution in [0.2, 0.25) is 0 Å². The van der Waals surface area contributed by atoms with E-state index in [1.54, 1.807) is 0 Å². The van der Waals surface area contributed by atoms with Crippen LogP contribution in [0.15, 0.2) is 0 Å². The van der Waals surface area contributed by atoms with Crippen molar-refractivity contribution in [2.24, 2.45) is 0 Å². The molecule has 2 aliphatic rings. The van der Waals surface area contributed by atoms with Gasteiger partial charge in [0.1, 0.15) is 6.04 Å². The first-order valence-electron chi connectivity index (χ1n) is 6.87. The van der Waals surface area contributed by atoms with E-state index in [0.29, 0.717) is 19.1 Å². The maximum atomic E-state index is 11.9. The van der Waals surface area contributed by atoms with E-state index in [0.717, 1.165) is 32.5 Å². The third-order valence-electron chi connectivity index (χ3n) is 3.91. The minimum Gasteiger partial charge on any atom is -0.465 e. The smallest absolute Gasteiger partial charge is 0.323 e. The van der Waals surface area contributed by atoms with Gasteiger partial charge in [-0.05, 0) is 19.8 Å². The first-order chi connectivity index (χ1) is 8.67. The van der Waals surface area contributed by atoms with Crippen molar-refractivity contribution in [1.29, 1.82) is 0 Å². The molecule has 2 aliphatic heterocycles. The molecule has 2 unspecified atom stereocenters. The molecule has 0 N–H and O–H groups in total. The lowest BCUT2D eigenvalue weighted by Crippen LogP contribution is -2.56. The van der Waals surface area contributed by atoms with Gasteiger partial charge in [-0.3, -0.25) is 14.5 Å². The van der Waals surface area contributed by atoms with E-state index < -0.39 is 0 Å². The molecular formula is C13H22N2O3. The molecular weight excluding hydrogens is 232 g/mol. The summed E-state index contributed by atoms with van der Waals surface area (Å²) in [6.07, 6.45) is 2.35. The predicted molar refractivity (Wildman–Crippen MR) is 67.0 cm³/mol. The van der Waals surface area contributed by atoms with E-state index in [1.807, 2.05) is 18.7 Å². The Morgan fingerprint density at radius 3 is 2.89 bits per heavy atom. The highest BCUT2D eigenvalue weighted by Gasteiger charge is 2.38. The second-order valence-electron chi connectivity index (χ2n) is 4.95. The fraction of sp³-hybridized carbons (Fsp3) is 0.846. The molecule has 5 heteroatoms. The van der Waals surface area contributed by atoms with E-state index in [9.17, 15) is 9.59 Å². The summed E-state index contributed by atoms with van der Waals surface area (Å²) in [6, 6.07) is 0.150. The molecule has 0 radical (unpaired) electrons. The average molecular weight is 254 g/mol. The number of esters is 1. The Hall–Kier alpha value is -1.10. The molecule has 2 saturated heterocycles. The first-order valence-corrected chi connectivity index (χ1v) is 6.87. The zero-order chi connectivity index (χ0) is 13.1. The molecule has 5 nitrogen and oxygen atoms in total. The van der Waals surface area contributed by atoms with Crippen molar-refractivity contribution in [2.45, 2.75) is 45.2 Å². The monoisotopic (exact) mass is 254 g/mol. The zero-order valence-corrected chi connectivity index (χ0v) is 11.2. The molecule has 2 atom stereocenters. The van der Waals surface area contributed by atoms with Gasteiger partial charge in [-0.15, -0.1) is 0 Å². The van der Waals surface area contributed by atoms with Crippen molar-refractivity contribution in [2.75, 3.05) is 26.2 Å². The third-order valence-corrected chi connectivity index (χ3v) is 3.91. The lowest BCUT2D eigenvalue weighted by atomic mass is 10.1. The Morgan fingerprint density at radius 2 is 2.22 bits per heavy atom. The predicted octanol–water partition coefficient (Wildman–Crippen LogP) is 0.635. The van der Waals surface area contributed by atoms with Gasteiger partial charge in [0, 0.05) is 32.1 Å². The quantitative estimate of drug-likeness (QED) is 0.691. The summed E-state index contributed by atoms with van der Waals surface area (Å²) in [5.41, 5.74) is 0. The van der Waals surface area contributed by atoms with Gasteiger partial charge in [-0.1, -0.05) is 6.92 Å². The lowest BCUT2D eigenvalue weighted by molar-refractivity contribution is -0.151. The topological polar surface area (TPSA) is 49.9 Å². The molecule has 0 aromatic rings. The Labute approximate surface area is 108 Å². The largest absolute Gasteiger partial charge is 0.465 e. The van der Waals surface area contributed by atoms with Crippen molar-refractivity contribution in [3.8, 4) is 0 Å². The van der Waals surface area contributed by atoms with Crippen molar-refractivity contribution >= 4 is 11.9 Å². The third kappa shape index (κ3) is 2.51. The summed E-state index contributed by atoms with van der Waals surface area (Å²) in [5, 5.41) is 0. The number of fused-ring (bicyclic) bond motifs is 1. The summed E-state index contributed by atoms with van der Waals surface area (Å²) in [5.74, 6) is 0.140. The van der Waals surface area contributed by atoms with Gasteiger partial charge < -0.3 is 9.64 Å². The second kappa shape index (κ2) is 5.69. The van der Waals surface area contributed by atoms with E-state index >= 15 is 0 Å². The van der Waals surface area contributed by atoms with Crippen molar-refractivity contribution in [3.05, 3.63) is 0 Å². The first kappa shape index (κ1) is 13.3. The fourth-order valence-electron chi connectivity index (χ4n) is 2.98. The van der Waals surface area contributed by atoms with Crippen LogP contribution in [-0.4, -0.2) is 60.0 Å². The van der Waals surface area contributed by atoms with Crippen LogP contribution >= 0.6 is 0 Å². The molecule has 1 amide bonds. The van der Waals surface area contributed by atoms with Crippen LogP contribution in [0.4, 0.5) is 0 Å². The van der Waals surface area contributed by atoms with Gasteiger partial charge in [0.15, 0.2) is 0 Å². The van der Waals surface area contributed by atoms with E-state index in [-0.39, 0.29) is 17.9 Å². The number of carbonyl (C=O) groups is 2. The molecule has 0 saturated carbocycles. The maximum Gasteiger partial charge on any atom is 0.323 e. The fourth-order valence-corrected chi connectivity index (χ4v) is 2.98. The molecule has 2 heterocycles. The van der Waals surface area contributed by atoms with Gasteiger partial charge in [-0.25, -0.2) is 0 Å². The molecule has 0 bridgehead atoms. The van der Waals surface area contributed by atoms with Crippen LogP contribution in [0.5, 0.6) is 0 Å². The standard InChI is InChI=1S/C13H22N2O3/c1-3-11(13(17)18-4-2)14-7-8-15-10(9-14)5-6-12(15)16/h10-11H,3-9H2,1-2H3.